The second-order valence-electron chi connectivity index (χ2n) is 5.99. The van der Waals surface area contributed by atoms with Gasteiger partial charge in [-0.1, -0.05) is 29.8 Å². The van der Waals surface area contributed by atoms with Gasteiger partial charge in [-0.3, -0.25) is 0 Å². The summed E-state index contributed by atoms with van der Waals surface area (Å²) in [5, 5.41) is 1.31. The first-order valence-electron chi connectivity index (χ1n) is 8.71. The average Bonchev–Trinajstić information content (AvgIpc) is 3.06. The number of carbonyl (C=O) groups is 2. The first-order chi connectivity index (χ1) is 13.5. The molecule has 0 bridgehead atoms. The molecule has 0 aliphatic rings. The summed E-state index contributed by atoms with van der Waals surface area (Å²) < 4.78 is 21.3. The maximum absolute atomic E-state index is 12.2. The fraction of sp³-hybridized carbons (Fsp3) is 0.238. The van der Waals surface area contributed by atoms with Gasteiger partial charge in [-0.05, 0) is 43.7 Å². The zero-order valence-corrected chi connectivity index (χ0v) is 16.2. The molecule has 7 heteroatoms. The third-order valence-electron chi connectivity index (χ3n) is 4.02. The van der Waals surface area contributed by atoms with Gasteiger partial charge in [-0.25, -0.2) is 9.59 Å². The summed E-state index contributed by atoms with van der Waals surface area (Å²) in [6.45, 7) is 3.35. The van der Waals surface area contributed by atoms with E-state index in [2.05, 4.69) is 0 Å². The SMILES string of the molecule is CCOC(=O)c1oc2ccccc2c1COC(=O)COc1ccc(Cl)c(C)c1. The Hall–Kier alpha value is -2.99. The first-order valence-corrected chi connectivity index (χ1v) is 9.09. The number of fused-ring (bicyclic) bond motifs is 1. The van der Waals surface area contributed by atoms with E-state index in [0.29, 0.717) is 27.3 Å². The lowest BCUT2D eigenvalue weighted by Gasteiger charge is -2.08. The molecule has 0 unspecified atom stereocenters. The van der Waals surface area contributed by atoms with Crippen molar-refractivity contribution in [3.05, 3.63) is 64.4 Å². The van der Waals surface area contributed by atoms with Gasteiger partial charge in [0, 0.05) is 10.4 Å². The molecule has 0 N–H and O–H groups in total. The number of halogens is 1. The Morgan fingerprint density at radius 1 is 1.11 bits per heavy atom. The summed E-state index contributed by atoms with van der Waals surface area (Å²) in [4.78, 5) is 24.2. The number of rotatable bonds is 7. The van der Waals surface area contributed by atoms with Gasteiger partial charge in [-0.15, -0.1) is 0 Å². The van der Waals surface area contributed by atoms with E-state index in [9.17, 15) is 9.59 Å². The Morgan fingerprint density at radius 2 is 1.89 bits per heavy atom. The van der Waals surface area contributed by atoms with Gasteiger partial charge in [-0.2, -0.15) is 0 Å². The van der Waals surface area contributed by atoms with E-state index in [-0.39, 0.29) is 25.6 Å². The number of benzene rings is 2. The minimum atomic E-state index is -0.599. The van der Waals surface area contributed by atoms with E-state index in [1.165, 1.54) is 0 Å². The molecular weight excluding hydrogens is 384 g/mol. The molecule has 0 fully saturated rings. The number of hydrogen-bond donors (Lipinski definition) is 0. The van der Waals surface area contributed by atoms with E-state index in [0.717, 1.165) is 5.56 Å². The van der Waals surface area contributed by atoms with E-state index in [1.54, 1.807) is 43.3 Å². The number of hydrogen-bond acceptors (Lipinski definition) is 6. The van der Waals surface area contributed by atoms with Crippen LogP contribution in [0.2, 0.25) is 5.02 Å². The summed E-state index contributed by atoms with van der Waals surface area (Å²) in [6.07, 6.45) is 0. The van der Waals surface area contributed by atoms with Crippen LogP contribution in [0.3, 0.4) is 0 Å². The van der Waals surface area contributed by atoms with Crippen LogP contribution in [0.25, 0.3) is 11.0 Å². The lowest BCUT2D eigenvalue weighted by molar-refractivity contribution is -0.147. The highest BCUT2D eigenvalue weighted by molar-refractivity contribution is 6.31. The van der Waals surface area contributed by atoms with Gasteiger partial charge in [0.1, 0.15) is 17.9 Å². The predicted molar refractivity (Wildman–Crippen MR) is 104 cm³/mol. The van der Waals surface area contributed by atoms with Crippen LogP contribution in [0.5, 0.6) is 5.75 Å². The maximum atomic E-state index is 12.2. The van der Waals surface area contributed by atoms with Crippen molar-refractivity contribution in [2.45, 2.75) is 20.5 Å². The van der Waals surface area contributed by atoms with Crippen LogP contribution in [-0.2, 0) is 20.9 Å². The quantitative estimate of drug-likeness (QED) is 0.533. The zero-order chi connectivity index (χ0) is 20.1. The van der Waals surface area contributed by atoms with E-state index < -0.39 is 11.9 Å². The van der Waals surface area contributed by atoms with Crippen LogP contribution in [0.15, 0.2) is 46.9 Å². The van der Waals surface area contributed by atoms with Gasteiger partial charge < -0.3 is 18.6 Å². The standard InChI is InChI=1S/C21H19ClO6/c1-3-25-21(24)20-16(15-6-4-5-7-18(15)28-20)11-27-19(23)12-26-14-8-9-17(22)13(2)10-14/h4-10H,3,11-12H2,1-2H3. The second kappa shape index (κ2) is 8.80. The Morgan fingerprint density at radius 3 is 2.64 bits per heavy atom. The lowest BCUT2D eigenvalue weighted by Crippen LogP contribution is -2.16. The summed E-state index contributed by atoms with van der Waals surface area (Å²) in [5.41, 5.74) is 1.82. The number of esters is 2. The van der Waals surface area contributed by atoms with Crippen molar-refractivity contribution < 1.29 is 28.2 Å². The van der Waals surface area contributed by atoms with Crippen LogP contribution in [0, 0.1) is 6.92 Å². The molecule has 0 spiro atoms. The number of ether oxygens (including phenoxy) is 3. The molecule has 2 aromatic carbocycles. The van der Waals surface area contributed by atoms with Gasteiger partial charge in [0.05, 0.1) is 12.2 Å². The molecule has 3 rings (SSSR count). The smallest absolute Gasteiger partial charge is 0.374 e. The minimum Gasteiger partial charge on any atom is -0.482 e. The van der Waals surface area contributed by atoms with Crippen LogP contribution < -0.4 is 4.74 Å². The third kappa shape index (κ3) is 4.46. The number of furan rings is 1. The lowest BCUT2D eigenvalue weighted by atomic mass is 10.1. The Labute approximate surface area is 166 Å². The highest BCUT2D eigenvalue weighted by atomic mass is 35.5. The average molecular weight is 403 g/mol. The van der Waals surface area contributed by atoms with Crippen LogP contribution in [0.4, 0.5) is 0 Å². The van der Waals surface area contributed by atoms with E-state index >= 15 is 0 Å². The number of aryl methyl sites for hydroxylation is 1. The van der Waals surface area contributed by atoms with Crippen LogP contribution in [0.1, 0.15) is 28.6 Å². The highest BCUT2D eigenvalue weighted by Gasteiger charge is 2.22. The molecular formula is C21H19ClO6. The molecule has 0 saturated heterocycles. The van der Waals surface area contributed by atoms with Crippen molar-refractivity contribution in [3.8, 4) is 5.75 Å². The van der Waals surface area contributed by atoms with Gasteiger partial charge in [0.25, 0.3) is 0 Å². The van der Waals surface area contributed by atoms with Gasteiger partial charge in [0.15, 0.2) is 6.61 Å². The molecule has 0 aliphatic carbocycles. The monoisotopic (exact) mass is 402 g/mol. The largest absolute Gasteiger partial charge is 0.482 e. The molecule has 6 nitrogen and oxygen atoms in total. The Kier molecular flexibility index (Phi) is 6.21. The normalized spacial score (nSPS) is 10.7. The molecule has 0 atom stereocenters. The van der Waals surface area contributed by atoms with Crippen molar-refractivity contribution in [3.63, 3.8) is 0 Å². The van der Waals surface area contributed by atoms with Crippen molar-refractivity contribution in [2.75, 3.05) is 13.2 Å². The molecule has 146 valence electrons. The molecule has 28 heavy (non-hydrogen) atoms. The summed E-state index contributed by atoms with van der Waals surface area (Å²) in [7, 11) is 0. The van der Waals surface area contributed by atoms with Gasteiger partial charge in [0.2, 0.25) is 5.76 Å². The van der Waals surface area contributed by atoms with Crippen LogP contribution in [-0.4, -0.2) is 25.2 Å². The Bertz CT molecular complexity index is 1010. The van der Waals surface area contributed by atoms with Crippen molar-refractivity contribution in [1.82, 2.24) is 0 Å². The van der Waals surface area contributed by atoms with E-state index in [4.69, 9.17) is 30.2 Å². The minimum absolute atomic E-state index is 0.0325. The zero-order valence-electron chi connectivity index (χ0n) is 15.5. The molecule has 1 heterocycles. The third-order valence-corrected chi connectivity index (χ3v) is 4.45. The fourth-order valence-electron chi connectivity index (χ4n) is 2.65. The second-order valence-corrected chi connectivity index (χ2v) is 6.39. The first kappa shape index (κ1) is 19.8. The van der Waals surface area contributed by atoms with Crippen molar-refractivity contribution in [2.24, 2.45) is 0 Å². The molecule has 0 saturated carbocycles. The highest BCUT2D eigenvalue weighted by Crippen LogP contribution is 2.27. The molecule has 1 aromatic heterocycles. The molecule has 3 aromatic rings. The van der Waals surface area contributed by atoms with Crippen molar-refractivity contribution in [1.29, 1.82) is 0 Å². The number of carbonyl (C=O) groups excluding carboxylic acids is 2. The summed E-state index contributed by atoms with van der Waals surface area (Å²) in [5.74, 6) is -0.629. The summed E-state index contributed by atoms with van der Waals surface area (Å²) >= 11 is 5.97. The molecule has 0 radical (unpaired) electrons. The fourth-order valence-corrected chi connectivity index (χ4v) is 2.76. The topological polar surface area (TPSA) is 75.0 Å². The van der Waals surface area contributed by atoms with E-state index in [1.807, 2.05) is 13.0 Å². The Balaban J connectivity index is 1.68. The van der Waals surface area contributed by atoms with Crippen molar-refractivity contribution >= 4 is 34.5 Å². The molecule has 0 amide bonds. The van der Waals surface area contributed by atoms with Crippen LogP contribution >= 0.6 is 11.6 Å². The summed E-state index contributed by atoms with van der Waals surface area (Å²) in [6, 6.07) is 12.2. The molecule has 0 aliphatic heterocycles. The van der Waals surface area contributed by atoms with Gasteiger partial charge >= 0.3 is 11.9 Å². The predicted octanol–water partition coefficient (Wildman–Crippen LogP) is 4.69. The maximum Gasteiger partial charge on any atom is 0.374 e. The number of para-hydroxylation sites is 1.